The average Bonchev–Trinajstić information content (AvgIpc) is 2.28. The van der Waals surface area contributed by atoms with Crippen molar-refractivity contribution in [1.82, 2.24) is 5.32 Å². The van der Waals surface area contributed by atoms with Gasteiger partial charge in [0, 0.05) is 6.04 Å². The molecule has 0 bridgehead atoms. The molecular formula is C14H23NO2S. The van der Waals surface area contributed by atoms with Crippen molar-refractivity contribution >= 4 is 9.84 Å². The summed E-state index contributed by atoms with van der Waals surface area (Å²) in [6.45, 7) is 8.93. The van der Waals surface area contributed by atoms with Crippen LogP contribution in [0.3, 0.4) is 0 Å². The Hall–Kier alpha value is -0.870. The minimum Gasteiger partial charge on any atom is -0.313 e. The van der Waals surface area contributed by atoms with Gasteiger partial charge < -0.3 is 5.32 Å². The van der Waals surface area contributed by atoms with E-state index in [1.807, 2.05) is 13.0 Å². The molecule has 0 aliphatic rings. The molecule has 18 heavy (non-hydrogen) atoms. The minimum absolute atomic E-state index is 0.0484. The average molecular weight is 269 g/mol. The van der Waals surface area contributed by atoms with Crippen molar-refractivity contribution in [2.24, 2.45) is 5.41 Å². The number of sulfone groups is 1. The Labute approximate surface area is 111 Å². The third-order valence-electron chi connectivity index (χ3n) is 2.98. The topological polar surface area (TPSA) is 46.2 Å². The fraction of sp³-hybridized carbons (Fsp3) is 0.571. The summed E-state index contributed by atoms with van der Waals surface area (Å²) in [5.74, 6) is 0.133. The van der Waals surface area contributed by atoms with Crippen molar-refractivity contribution in [2.75, 3.05) is 12.3 Å². The van der Waals surface area contributed by atoms with Crippen molar-refractivity contribution in [2.45, 2.75) is 38.6 Å². The number of benzene rings is 1. The van der Waals surface area contributed by atoms with Crippen molar-refractivity contribution < 1.29 is 8.42 Å². The van der Waals surface area contributed by atoms with E-state index in [1.54, 1.807) is 24.3 Å². The molecule has 1 aromatic carbocycles. The first-order valence-corrected chi connectivity index (χ1v) is 7.94. The van der Waals surface area contributed by atoms with Crippen LogP contribution in [0.4, 0.5) is 0 Å². The summed E-state index contributed by atoms with van der Waals surface area (Å²) in [4.78, 5) is 0.400. The Morgan fingerprint density at radius 2 is 1.72 bits per heavy atom. The highest BCUT2D eigenvalue weighted by molar-refractivity contribution is 7.91. The van der Waals surface area contributed by atoms with Gasteiger partial charge in [-0.05, 0) is 24.1 Å². The van der Waals surface area contributed by atoms with Crippen LogP contribution in [0, 0.1) is 5.41 Å². The fourth-order valence-corrected chi connectivity index (χ4v) is 3.63. The number of hydrogen-bond donors (Lipinski definition) is 1. The van der Waals surface area contributed by atoms with Gasteiger partial charge in [0.05, 0.1) is 10.6 Å². The molecule has 0 aliphatic heterocycles. The number of rotatable bonds is 5. The van der Waals surface area contributed by atoms with Crippen molar-refractivity contribution in [3.63, 3.8) is 0 Å². The lowest BCUT2D eigenvalue weighted by Gasteiger charge is -2.31. The first-order valence-electron chi connectivity index (χ1n) is 6.28. The molecule has 102 valence electrons. The summed E-state index contributed by atoms with van der Waals surface area (Å²) in [6, 6.07) is 8.60. The maximum Gasteiger partial charge on any atom is 0.179 e. The third-order valence-corrected chi connectivity index (χ3v) is 4.75. The summed E-state index contributed by atoms with van der Waals surface area (Å²) in [5, 5.41) is 3.27. The summed E-state index contributed by atoms with van der Waals surface area (Å²) in [7, 11) is -3.23. The SMILES string of the molecule is CCNC(CS(=O)(=O)c1ccccc1)C(C)(C)C. The second-order valence-electron chi connectivity index (χ2n) is 5.57. The summed E-state index contributed by atoms with van der Waals surface area (Å²) in [6.07, 6.45) is 0. The lowest BCUT2D eigenvalue weighted by molar-refractivity contribution is 0.292. The molecular weight excluding hydrogens is 246 g/mol. The first kappa shape index (κ1) is 15.2. The quantitative estimate of drug-likeness (QED) is 0.893. The van der Waals surface area contributed by atoms with Crippen LogP contribution in [0.15, 0.2) is 35.2 Å². The molecule has 0 saturated carbocycles. The van der Waals surface area contributed by atoms with E-state index < -0.39 is 9.84 Å². The maximum atomic E-state index is 12.3. The van der Waals surface area contributed by atoms with E-state index >= 15 is 0 Å². The van der Waals surface area contributed by atoms with Crippen LogP contribution in [0.2, 0.25) is 0 Å². The van der Waals surface area contributed by atoms with Gasteiger partial charge in [0.15, 0.2) is 9.84 Å². The van der Waals surface area contributed by atoms with Gasteiger partial charge in [0.25, 0.3) is 0 Å². The zero-order valence-corrected chi connectivity index (χ0v) is 12.4. The Kier molecular flexibility index (Phi) is 4.93. The van der Waals surface area contributed by atoms with Crippen LogP contribution in [-0.2, 0) is 9.84 Å². The zero-order valence-electron chi connectivity index (χ0n) is 11.6. The van der Waals surface area contributed by atoms with Crippen molar-refractivity contribution in [3.05, 3.63) is 30.3 Å². The van der Waals surface area contributed by atoms with Crippen LogP contribution < -0.4 is 5.32 Å². The van der Waals surface area contributed by atoms with Crippen LogP contribution in [0.25, 0.3) is 0 Å². The van der Waals surface area contributed by atoms with E-state index in [0.717, 1.165) is 6.54 Å². The predicted molar refractivity (Wildman–Crippen MR) is 75.4 cm³/mol. The summed E-state index contributed by atoms with van der Waals surface area (Å²) >= 11 is 0. The molecule has 1 atom stereocenters. The highest BCUT2D eigenvalue weighted by Gasteiger charge is 2.29. The van der Waals surface area contributed by atoms with E-state index in [0.29, 0.717) is 4.90 Å². The molecule has 1 rings (SSSR count). The van der Waals surface area contributed by atoms with E-state index in [-0.39, 0.29) is 17.2 Å². The van der Waals surface area contributed by atoms with Crippen LogP contribution in [0.5, 0.6) is 0 Å². The molecule has 0 saturated heterocycles. The molecule has 1 aromatic rings. The second-order valence-corrected chi connectivity index (χ2v) is 7.60. The first-order chi connectivity index (χ1) is 8.27. The molecule has 3 nitrogen and oxygen atoms in total. The van der Waals surface area contributed by atoms with Crippen LogP contribution >= 0.6 is 0 Å². The number of nitrogens with one attached hydrogen (secondary N) is 1. The Bertz CT molecular complexity index is 460. The van der Waals surface area contributed by atoms with Gasteiger partial charge in [-0.15, -0.1) is 0 Å². The van der Waals surface area contributed by atoms with Gasteiger partial charge in [-0.3, -0.25) is 0 Å². The molecule has 0 aromatic heterocycles. The molecule has 4 heteroatoms. The Morgan fingerprint density at radius 3 is 2.17 bits per heavy atom. The summed E-state index contributed by atoms with van der Waals surface area (Å²) in [5.41, 5.74) is -0.0855. The van der Waals surface area contributed by atoms with E-state index in [2.05, 4.69) is 26.1 Å². The Balaban J connectivity index is 2.94. The second kappa shape index (κ2) is 5.85. The molecule has 0 spiro atoms. The van der Waals surface area contributed by atoms with Gasteiger partial charge in [0.1, 0.15) is 0 Å². The third kappa shape index (κ3) is 4.10. The van der Waals surface area contributed by atoms with Gasteiger partial charge in [-0.2, -0.15) is 0 Å². The normalized spacial score (nSPS) is 14.4. The number of hydrogen-bond acceptors (Lipinski definition) is 3. The van der Waals surface area contributed by atoms with Gasteiger partial charge in [0.2, 0.25) is 0 Å². The lowest BCUT2D eigenvalue weighted by atomic mass is 9.88. The highest BCUT2D eigenvalue weighted by Crippen LogP contribution is 2.23. The maximum absolute atomic E-state index is 12.3. The minimum atomic E-state index is -3.23. The van der Waals surface area contributed by atoms with Crippen LogP contribution in [0.1, 0.15) is 27.7 Å². The highest BCUT2D eigenvalue weighted by atomic mass is 32.2. The van der Waals surface area contributed by atoms with Crippen molar-refractivity contribution in [3.8, 4) is 0 Å². The standard InChI is InChI=1S/C14H23NO2S/c1-5-15-13(14(2,3)4)11-18(16,17)12-9-7-6-8-10-12/h6-10,13,15H,5,11H2,1-4H3. The Morgan fingerprint density at radius 1 is 1.17 bits per heavy atom. The van der Waals surface area contributed by atoms with Crippen molar-refractivity contribution in [1.29, 1.82) is 0 Å². The molecule has 0 amide bonds. The lowest BCUT2D eigenvalue weighted by Crippen LogP contribution is -2.45. The van der Waals surface area contributed by atoms with Gasteiger partial charge >= 0.3 is 0 Å². The largest absolute Gasteiger partial charge is 0.313 e. The molecule has 0 aliphatic carbocycles. The monoisotopic (exact) mass is 269 g/mol. The smallest absolute Gasteiger partial charge is 0.179 e. The van der Waals surface area contributed by atoms with E-state index in [9.17, 15) is 8.42 Å². The molecule has 0 fully saturated rings. The van der Waals surface area contributed by atoms with E-state index in [1.165, 1.54) is 0 Å². The zero-order chi connectivity index (χ0) is 13.8. The molecule has 1 N–H and O–H groups in total. The fourth-order valence-electron chi connectivity index (χ4n) is 1.80. The van der Waals surface area contributed by atoms with E-state index in [4.69, 9.17) is 0 Å². The predicted octanol–water partition coefficient (Wildman–Crippen LogP) is 2.48. The van der Waals surface area contributed by atoms with Gasteiger partial charge in [-0.1, -0.05) is 45.9 Å². The summed E-state index contributed by atoms with van der Waals surface area (Å²) < 4.78 is 24.6. The molecule has 0 radical (unpaired) electrons. The molecule has 1 unspecified atom stereocenters. The van der Waals surface area contributed by atoms with Gasteiger partial charge in [-0.25, -0.2) is 8.42 Å². The van der Waals surface area contributed by atoms with Crippen LogP contribution in [-0.4, -0.2) is 26.8 Å². The molecule has 0 heterocycles.